The summed E-state index contributed by atoms with van der Waals surface area (Å²) < 4.78 is 2.17. The molecular formula is C10H7Br2N. The topological polar surface area (TPSA) is 12.9 Å². The molecule has 2 rings (SSSR count). The molecule has 0 amide bonds. The van der Waals surface area contributed by atoms with Gasteiger partial charge in [-0.25, -0.2) is 0 Å². The summed E-state index contributed by atoms with van der Waals surface area (Å²) in [5.41, 5.74) is 2.22. The van der Waals surface area contributed by atoms with Gasteiger partial charge < -0.3 is 0 Å². The van der Waals surface area contributed by atoms with Crippen LogP contribution in [0.5, 0.6) is 0 Å². The highest BCUT2D eigenvalue weighted by atomic mass is 79.9. The highest BCUT2D eigenvalue weighted by Crippen LogP contribution is 2.31. The molecule has 3 heteroatoms. The molecule has 1 aromatic heterocycles. The van der Waals surface area contributed by atoms with Crippen LogP contribution >= 0.6 is 31.9 Å². The molecule has 0 aliphatic heterocycles. The third-order valence-electron chi connectivity index (χ3n) is 1.96. The van der Waals surface area contributed by atoms with Crippen LogP contribution in [0, 0.1) is 6.92 Å². The SMILES string of the molecule is Cc1cc(Br)c2ncccc2c1Br. The zero-order valence-corrected chi connectivity index (χ0v) is 10.2. The largest absolute Gasteiger partial charge is 0.255 e. The van der Waals surface area contributed by atoms with E-state index in [1.807, 2.05) is 6.07 Å². The lowest BCUT2D eigenvalue weighted by molar-refractivity contribution is 1.37. The van der Waals surface area contributed by atoms with Crippen LogP contribution in [0.4, 0.5) is 0 Å². The fourth-order valence-electron chi connectivity index (χ4n) is 1.31. The number of hydrogen-bond acceptors (Lipinski definition) is 1. The molecule has 0 aliphatic carbocycles. The maximum Gasteiger partial charge on any atom is 0.0855 e. The van der Waals surface area contributed by atoms with E-state index in [0.29, 0.717) is 0 Å². The lowest BCUT2D eigenvalue weighted by Crippen LogP contribution is -1.84. The van der Waals surface area contributed by atoms with E-state index in [1.165, 1.54) is 5.56 Å². The Morgan fingerprint density at radius 3 is 2.85 bits per heavy atom. The molecule has 0 bridgehead atoms. The van der Waals surface area contributed by atoms with Crippen LogP contribution in [0.2, 0.25) is 0 Å². The first-order valence-electron chi connectivity index (χ1n) is 3.89. The van der Waals surface area contributed by atoms with Crippen molar-refractivity contribution in [3.05, 3.63) is 38.9 Å². The third kappa shape index (κ3) is 1.51. The maximum atomic E-state index is 4.31. The van der Waals surface area contributed by atoms with Crippen LogP contribution in [0.25, 0.3) is 10.9 Å². The van der Waals surface area contributed by atoms with Crippen molar-refractivity contribution in [1.82, 2.24) is 4.98 Å². The van der Waals surface area contributed by atoms with Crippen molar-refractivity contribution in [1.29, 1.82) is 0 Å². The standard InChI is InChI=1S/C10H7Br2N/c1-6-5-8(11)10-7(9(6)12)3-2-4-13-10/h2-5H,1H3. The first-order chi connectivity index (χ1) is 6.20. The van der Waals surface area contributed by atoms with Crippen LogP contribution in [-0.4, -0.2) is 4.98 Å². The first kappa shape index (κ1) is 9.16. The molecule has 0 fully saturated rings. The van der Waals surface area contributed by atoms with Crippen molar-refractivity contribution in [2.75, 3.05) is 0 Å². The molecule has 2 aromatic rings. The minimum atomic E-state index is 1.000. The second kappa shape index (κ2) is 3.39. The van der Waals surface area contributed by atoms with Gasteiger partial charge >= 0.3 is 0 Å². The molecule has 1 nitrogen and oxygen atoms in total. The summed E-state index contributed by atoms with van der Waals surface area (Å²) in [6.45, 7) is 2.07. The van der Waals surface area contributed by atoms with E-state index in [4.69, 9.17) is 0 Å². The molecule has 0 aliphatic rings. The molecule has 0 N–H and O–H groups in total. The fraction of sp³-hybridized carbons (Fsp3) is 0.100. The molecular weight excluding hydrogens is 294 g/mol. The van der Waals surface area contributed by atoms with Gasteiger partial charge in [0.25, 0.3) is 0 Å². The number of aromatic nitrogens is 1. The minimum Gasteiger partial charge on any atom is -0.255 e. The Balaban J connectivity index is 2.97. The van der Waals surface area contributed by atoms with Gasteiger partial charge in [0.05, 0.1) is 5.52 Å². The normalized spacial score (nSPS) is 10.7. The molecule has 66 valence electrons. The summed E-state index contributed by atoms with van der Waals surface area (Å²) in [7, 11) is 0. The average Bonchev–Trinajstić information content (AvgIpc) is 2.15. The highest BCUT2D eigenvalue weighted by Gasteiger charge is 2.05. The Kier molecular flexibility index (Phi) is 2.39. The first-order valence-corrected chi connectivity index (χ1v) is 5.48. The second-order valence-corrected chi connectivity index (χ2v) is 4.54. The van der Waals surface area contributed by atoms with E-state index < -0.39 is 0 Å². The molecule has 0 saturated carbocycles. The smallest absolute Gasteiger partial charge is 0.0855 e. The Hall–Kier alpha value is -0.410. The van der Waals surface area contributed by atoms with Gasteiger partial charge in [0.15, 0.2) is 0 Å². The zero-order chi connectivity index (χ0) is 9.42. The summed E-state index contributed by atoms with van der Waals surface area (Å²) in [4.78, 5) is 4.31. The molecule has 0 radical (unpaired) electrons. The molecule has 13 heavy (non-hydrogen) atoms. The third-order valence-corrected chi connectivity index (χ3v) is 3.62. The lowest BCUT2D eigenvalue weighted by Gasteiger charge is -2.04. The summed E-state index contributed by atoms with van der Waals surface area (Å²) in [5.74, 6) is 0. The second-order valence-electron chi connectivity index (χ2n) is 2.89. The predicted octanol–water partition coefficient (Wildman–Crippen LogP) is 4.07. The Bertz CT molecular complexity index is 466. The summed E-state index contributed by atoms with van der Waals surface area (Å²) in [6, 6.07) is 6.07. The van der Waals surface area contributed by atoms with Crippen molar-refractivity contribution in [2.45, 2.75) is 6.92 Å². The van der Waals surface area contributed by atoms with Gasteiger partial charge in [0.2, 0.25) is 0 Å². The highest BCUT2D eigenvalue weighted by molar-refractivity contribution is 9.11. The van der Waals surface area contributed by atoms with Crippen molar-refractivity contribution >= 4 is 42.8 Å². The van der Waals surface area contributed by atoms with E-state index in [2.05, 4.69) is 55.9 Å². The number of aryl methyl sites for hydroxylation is 1. The van der Waals surface area contributed by atoms with E-state index in [1.54, 1.807) is 6.20 Å². The van der Waals surface area contributed by atoms with Crippen LogP contribution in [0.15, 0.2) is 33.3 Å². The quantitative estimate of drug-likeness (QED) is 0.715. The molecule has 0 atom stereocenters. The van der Waals surface area contributed by atoms with Crippen molar-refractivity contribution in [3.8, 4) is 0 Å². The number of fused-ring (bicyclic) bond motifs is 1. The van der Waals surface area contributed by atoms with E-state index in [-0.39, 0.29) is 0 Å². The van der Waals surface area contributed by atoms with Crippen molar-refractivity contribution in [2.24, 2.45) is 0 Å². The molecule has 0 unspecified atom stereocenters. The number of rotatable bonds is 0. The number of hydrogen-bond donors (Lipinski definition) is 0. The van der Waals surface area contributed by atoms with Crippen molar-refractivity contribution in [3.63, 3.8) is 0 Å². The average molecular weight is 301 g/mol. The fourth-order valence-corrected chi connectivity index (χ4v) is 2.40. The molecule has 0 spiro atoms. The minimum absolute atomic E-state index is 1.000. The molecule has 1 heterocycles. The van der Waals surface area contributed by atoms with Gasteiger partial charge in [0, 0.05) is 20.5 Å². The Morgan fingerprint density at radius 2 is 2.08 bits per heavy atom. The lowest BCUT2D eigenvalue weighted by atomic mass is 10.1. The van der Waals surface area contributed by atoms with Crippen LogP contribution in [0.3, 0.4) is 0 Å². The predicted molar refractivity (Wildman–Crippen MR) is 61.9 cm³/mol. The molecule has 1 aromatic carbocycles. The van der Waals surface area contributed by atoms with Gasteiger partial charge in [-0.05, 0) is 56.5 Å². The maximum absolute atomic E-state index is 4.31. The van der Waals surface area contributed by atoms with Gasteiger partial charge in [0.1, 0.15) is 0 Å². The van der Waals surface area contributed by atoms with Gasteiger partial charge in [-0.15, -0.1) is 0 Å². The Labute approximate surface area is 93.4 Å². The number of nitrogens with zero attached hydrogens (tertiary/aromatic N) is 1. The summed E-state index contributed by atoms with van der Waals surface area (Å²) in [6.07, 6.45) is 1.80. The zero-order valence-electron chi connectivity index (χ0n) is 7.01. The summed E-state index contributed by atoms with van der Waals surface area (Å²) >= 11 is 7.05. The summed E-state index contributed by atoms with van der Waals surface area (Å²) in [5, 5.41) is 1.15. The van der Waals surface area contributed by atoms with E-state index in [9.17, 15) is 0 Å². The van der Waals surface area contributed by atoms with Crippen LogP contribution in [-0.2, 0) is 0 Å². The van der Waals surface area contributed by atoms with Crippen LogP contribution < -0.4 is 0 Å². The van der Waals surface area contributed by atoms with Crippen molar-refractivity contribution < 1.29 is 0 Å². The van der Waals surface area contributed by atoms with E-state index >= 15 is 0 Å². The Morgan fingerprint density at radius 1 is 1.31 bits per heavy atom. The number of halogens is 2. The number of benzene rings is 1. The van der Waals surface area contributed by atoms with Gasteiger partial charge in [-0.2, -0.15) is 0 Å². The van der Waals surface area contributed by atoms with E-state index in [0.717, 1.165) is 19.8 Å². The number of pyridine rings is 1. The molecule has 0 saturated heterocycles. The van der Waals surface area contributed by atoms with Gasteiger partial charge in [-0.1, -0.05) is 6.07 Å². The van der Waals surface area contributed by atoms with Crippen LogP contribution in [0.1, 0.15) is 5.56 Å². The van der Waals surface area contributed by atoms with Gasteiger partial charge in [-0.3, -0.25) is 4.98 Å². The monoisotopic (exact) mass is 299 g/mol.